The second-order valence-corrected chi connectivity index (χ2v) is 6.88. The van der Waals surface area contributed by atoms with Crippen LogP contribution in [0.2, 0.25) is 5.02 Å². The summed E-state index contributed by atoms with van der Waals surface area (Å²) in [7, 11) is 1.00. The number of halogens is 3. The molecule has 0 atom stereocenters. The van der Waals surface area contributed by atoms with Crippen LogP contribution in [0.4, 0.5) is 0 Å². The normalized spacial score (nSPS) is 10.1. The molecule has 2 aromatic rings. The molecule has 0 aliphatic rings. The summed E-state index contributed by atoms with van der Waals surface area (Å²) in [6, 6.07) is 10.2. The van der Waals surface area contributed by atoms with Crippen LogP contribution in [0, 0.1) is 7.14 Å². The Morgan fingerprint density at radius 2 is 1.96 bits per heavy atom. The lowest BCUT2D eigenvalue weighted by molar-refractivity contribution is 0.0955. The number of hydrazone groups is 1. The van der Waals surface area contributed by atoms with E-state index in [1.165, 1.54) is 6.21 Å². The Morgan fingerprint density at radius 3 is 2.61 bits per heavy atom. The highest BCUT2D eigenvalue weighted by Crippen LogP contribution is 2.25. The van der Waals surface area contributed by atoms with Crippen molar-refractivity contribution in [2.45, 2.75) is 0 Å². The van der Waals surface area contributed by atoms with Crippen LogP contribution in [-0.2, 0) is 0 Å². The molecule has 0 bridgehead atoms. The van der Waals surface area contributed by atoms with Crippen molar-refractivity contribution in [2.75, 3.05) is 7.11 Å². The maximum absolute atomic E-state index is 11.9. The van der Waals surface area contributed by atoms with E-state index in [0.29, 0.717) is 16.1 Å². The second-order valence-electron chi connectivity index (χ2n) is 4.03. The molecule has 2 aromatic carbocycles. The molecule has 0 aliphatic carbocycles. The van der Waals surface area contributed by atoms with Gasteiger partial charge >= 0.3 is 0 Å². The van der Waals surface area contributed by atoms with E-state index >= 15 is 0 Å². The highest BCUT2D eigenvalue weighted by Gasteiger charge is 2.06. The second kappa shape index (κ2) is 10.1. The Bertz CT molecular complexity index is 724. The molecule has 0 saturated carbocycles. The predicted octanol–water partition coefficient (Wildman–Crippen LogP) is 3.63. The zero-order valence-corrected chi connectivity index (χ0v) is 17.0. The highest BCUT2D eigenvalue weighted by molar-refractivity contribution is 14.1. The minimum absolute atomic E-state index is 0.136. The fraction of sp³-hybridized carbons (Fsp3) is 0.0667. The summed E-state index contributed by atoms with van der Waals surface area (Å²) >= 11 is 10.0. The minimum Gasteiger partial charge on any atom is -0.506 e. The van der Waals surface area contributed by atoms with Gasteiger partial charge in [-0.25, -0.2) is 5.43 Å². The summed E-state index contributed by atoms with van der Waals surface area (Å²) in [6.45, 7) is 0. The summed E-state index contributed by atoms with van der Waals surface area (Å²) in [4.78, 5) is 11.9. The number of carbonyl (C=O) groups excluding carboxylic acids is 1. The quantitative estimate of drug-likeness (QED) is 0.306. The fourth-order valence-corrected chi connectivity index (χ4v) is 3.62. The molecule has 0 saturated heterocycles. The number of hydrogen-bond acceptors (Lipinski definition) is 4. The number of nitrogens with one attached hydrogen (secondary N) is 1. The molecule has 122 valence electrons. The molecule has 0 unspecified atom stereocenters. The average Bonchev–Trinajstić information content (AvgIpc) is 2.53. The Kier molecular flexibility index (Phi) is 8.81. The van der Waals surface area contributed by atoms with E-state index < -0.39 is 0 Å². The average molecular weight is 559 g/mol. The van der Waals surface area contributed by atoms with Crippen LogP contribution >= 0.6 is 56.8 Å². The molecule has 0 aliphatic heterocycles. The van der Waals surface area contributed by atoms with Crippen LogP contribution in [0.3, 0.4) is 0 Å². The van der Waals surface area contributed by atoms with E-state index in [0.717, 1.165) is 14.3 Å². The topological polar surface area (TPSA) is 81.9 Å². The Labute approximate surface area is 166 Å². The molecular weight excluding hydrogens is 545 g/mol. The molecule has 8 heteroatoms. The van der Waals surface area contributed by atoms with Gasteiger partial charge in [0.1, 0.15) is 5.75 Å². The third kappa shape index (κ3) is 6.24. The Balaban J connectivity index is 0.00000127. The molecule has 0 fully saturated rings. The van der Waals surface area contributed by atoms with Gasteiger partial charge in [-0.2, -0.15) is 5.10 Å². The number of amides is 1. The van der Waals surface area contributed by atoms with E-state index in [-0.39, 0.29) is 11.7 Å². The molecule has 1 amide bonds. The molecule has 5 nitrogen and oxygen atoms in total. The highest BCUT2D eigenvalue weighted by atomic mass is 127. The van der Waals surface area contributed by atoms with E-state index in [2.05, 4.69) is 33.1 Å². The van der Waals surface area contributed by atoms with Crippen molar-refractivity contribution in [1.29, 1.82) is 0 Å². The number of phenolic OH excluding ortho intramolecular Hbond substituents is 1. The van der Waals surface area contributed by atoms with Crippen LogP contribution in [0.15, 0.2) is 41.5 Å². The zero-order chi connectivity index (χ0) is 17.4. The van der Waals surface area contributed by atoms with Gasteiger partial charge in [-0.3, -0.25) is 4.79 Å². The first-order chi connectivity index (χ1) is 11.0. The maximum atomic E-state index is 11.9. The van der Waals surface area contributed by atoms with E-state index in [1.807, 2.05) is 28.7 Å². The number of aliphatic hydroxyl groups is 1. The molecule has 3 N–H and O–H groups in total. The third-order valence-electron chi connectivity index (χ3n) is 2.51. The van der Waals surface area contributed by atoms with E-state index in [9.17, 15) is 9.90 Å². The van der Waals surface area contributed by atoms with Crippen molar-refractivity contribution in [2.24, 2.45) is 5.10 Å². The number of phenols is 1. The van der Waals surface area contributed by atoms with Gasteiger partial charge in [-0.1, -0.05) is 17.7 Å². The number of benzene rings is 2. The van der Waals surface area contributed by atoms with Crippen LogP contribution in [0.5, 0.6) is 5.75 Å². The lowest BCUT2D eigenvalue weighted by Crippen LogP contribution is -2.17. The van der Waals surface area contributed by atoms with Gasteiger partial charge in [-0.15, -0.1) is 0 Å². The third-order valence-corrected chi connectivity index (χ3v) is 4.19. The zero-order valence-electron chi connectivity index (χ0n) is 11.9. The van der Waals surface area contributed by atoms with Gasteiger partial charge in [0, 0.05) is 26.8 Å². The van der Waals surface area contributed by atoms with Gasteiger partial charge in [-0.05, 0) is 75.5 Å². The molecule has 0 heterocycles. The standard InChI is InChI=1S/C14H9ClI2N2O2.CH4O/c15-10-3-1-2-8(4-10)14(21)19-18-7-9-5-11(16)6-12(17)13(9)20;1-2/h1-7,20H,(H,19,21);2H,1H3/b18-7+;. The van der Waals surface area contributed by atoms with Gasteiger partial charge in [0.25, 0.3) is 5.91 Å². The number of rotatable bonds is 3. The van der Waals surface area contributed by atoms with Crippen molar-refractivity contribution in [3.63, 3.8) is 0 Å². The number of nitrogens with zero attached hydrogens (tertiary/aromatic N) is 1. The summed E-state index contributed by atoms with van der Waals surface area (Å²) in [5.41, 5.74) is 3.35. The Morgan fingerprint density at radius 1 is 1.26 bits per heavy atom. The fourth-order valence-electron chi connectivity index (χ4n) is 1.54. The summed E-state index contributed by atoms with van der Waals surface area (Å²) in [5, 5.41) is 21.2. The van der Waals surface area contributed by atoms with Crippen molar-refractivity contribution in [3.05, 3.63) is 59.7 Å². The molecule has 2 rings (SSSR count). The van der Waals surface area contributed by atoms with Gasteiger partial charge in [0.15, 0.2) is 0 Å². The first-order valence-electron chi connectivity index (χ1n) is 6.19. The first-order valence-corrected chi connectivity index (χ1v) is 8.72. The largest absolute Gasteiger partial charge is 0.506 e. The predicted molar refractivity (Wildman–Crippen MR) is 108 cm³/mol. The number of aliphatic hydroxyl groups excluding tert-OH is 1. The van der Waals surface area contributed by atoms with Crippen LogP contribution < -0.4 is 5.43 Å². The van der Waals surface area contributed by atoms with Crippen molar-refractivity contribution in [3.8, 4) is 5.75 Å². The van der Waals surface area contributed by atoms with E-state index in [4.69, 9.17) is 16.7 Å². The number of hydrogen-bond donors (Lipinski definition) is 3. The number of carbonyl (C=O) groups is 1. The molecule has 0 radical (unpaired) electrons. The van der Waals surface area contributed by atoms with Crippen LogP contribution in [-0.4, -0.2) is 29.4 Å². The lowest BCUT2D eigenvalue weighted by Gasteiger charge is -2.03. The van der Waals surface area contributed by atoms with Crippen LogP contribution in [0.25, 0.3) is 0 Å². The molecular formula is C15H13ClI2N2O3. The first kappa shape index (κ1) is 20.1. The lowest BCUT2D eigenvalue weighted by atomic mass is 10.2. The SMILES string of the molecule is CO.O=C(N/N=C/c1cc(I)cc(I)c1O)c1cccc(Cl)c1. The van der Waals surface area contributed by atoms with Gasteiger partial charge in [0.05, 0.1) is 9.78 Å². The summed E-state index contributed by atoms with van der Waals surface area (Å²) in [6.07, 6.45) is 1.40. The van der Waals surface area contributed by atoms with Crippen molar-refractivity contribution in [1.82, 2.24) is 5.43 Å². The summed E-state index contributed by atoms with van der Waals surface area (Å²) < 4.78 is 1.69. The minimum atomic E-state index is -0.367. The number of aromatic hydroxyl groups is 1. The van der Waals surface area contributed by atoms with Gasteiger partial charge < -0.3 is 10.2 Å². The molecule has 0 spiro atoms. The van der Waals surface area contributed by atoms with Gasteiger partial charge in [0.2, 0.25) is 0 Å². The Hall–Kier alpha value is -0.910. The van der Waals surface area contributed by atoms with E-state index in [1.54, 1.807) is 30.3 Å². The van der Waals surface area contributed by atoms with Crippen LogP contribution in [0.1, 0.15) is 15.9 Å². The maximum Gasteiger partial charge on any atom is 0.271 e. The molecule has 0 aromatic heterocycles. The smallest absolute Gasteiger partial charge is 0.271 e. The molecule has 23 heavy (non-hydrogen) atoms. The summed E-state index contributed by atoms with van der Waals surface area (Å²) in [5.74, 6) is -0.231. The monoisotopic (exact) mass is 558 g/mol. The van der Waals surface area contributed by atoms with Crippen molar-refractivity contribution >= 4 is 68.9 Å². The van der Waals surface area contributed by atoms with Crippen molar-refractivity contribution < 1.29 is 15.0 Å².